The molecule has 2 atom stereocenters. The van der Waals surface area contributed by atoms with Crippen LogP contribution in [0.25, 0.3) is 0 Å². The quantitative estimate of drug-likeness (QED) is 0.774. The van der Waals surface area contributed by atoms with Gasteiger partial charge in [-0.3, -0.25) is 4.79 Å². The van der Waals surface area contributed by atoms with E-state index in [9.17, 15) is 9.18 Å². The van der Waals surface area contributed by atoms with Crippen LogP contribution in [0.4, 0.5) is 4.39 Å². The van der Waals surface area contributed by atoms with Gasteiger partial charge in [-0.05, 0) is 31.5 Å². The zero-order valence-corrected chi connectivity index (χ0v) is 11.2. The van der Waals surface area contributed by atoms with Crippen LogP contribution in [0.5, 0.6) is 0 Å². The van der Waals surface area contributed by atoms with Crippen LogP contribution < -0.4 is 16.4 Å². The van der Waals surface area contributed by atoms with Gasteiger partial charge in [-0.2, -0.15) is 0 Å². The molecular weight excluding hydrogens is 269 g/mol. The lowest BCUT2D eigenvalue weighted by molar-refractivity contribution is -0.123. The fourth-order valence-corrected chi connectivity index (χ4v) is 2.37. The van der Waals surface area contributed by atoms with Crippen LogP contribution in [0.1, 0.15) is 12.0 Å². The van der Waals surface area contributed by atoms with E-state index in [-0.39, 0.29) is 23.5 Å². The van der Waals surface area contributed by atoms with Gasteiger partial charge in [0.2, 0.25) is 5.91 Å². The molecule has 1 aliphatic heterocycles. The highest BCUT2D eigenvalue weighted by Crippen LogP contribution is 2.18. The standard InChI is InChI=1S/C13H17ClFN3O/c14-10-3-1-2-9(12(10)15)7-18-13(19)11-4-8(5-16)6-17-11/h1-3,8,11,17H,4-7,16H2,(H,18,19)/t8-,11+/m1/s1. The Balaban J connectivity index is 1.89. The fraction of sp³-hybridized carbons (Fsp3) is 0.462. The van der Waals surface area contributed by atoms with Crippen molar-refractivity contribution < 1.29 is 9.18 Å². The topological polar surface area (TPSA) is 67.1 Å². The molecule has 1 saturated heterocycles. The second-order valence-electron chi connectivity index (χ2n) is 4.73. The van der Waals surface area contributed by atoms with E-state index in [1.54, 1.807) is 12.1 Å². The first-order chi connectivity index (χ1) is 9.11. The molecule has 0 aliphatic carbocycles. The van der Waals surface area contributed by atoms with E-state index in [0.717, 1.165) is 13.0 Å². The molecule has 6 heteroatoms. The SMILES string of the molecule is NC[C@@H]1CN[C@H](C(=O)NCc2cccc(Cl)c2F)C1. The number of carbonyl (C=O) groups excluding carboxylic acids is 1. The number of benzene rings is 1. The molecule has 104 valence electrons. The molecule has 1 heterocycles. The first kappa shape index (κ1) is 14.2. The molecule has 0 aromatic heterocycles. The summed E-state index contributed by atoms with van der Waals surface area (Å²) in [6.07, 6.45) is 0.723. The van der Waals surface area contributed by atoms with E-state index in [1.807, 2.05) is 0 Å². The molecular formula is C13H17ClFN3O. The van der Waals surface area contributed by atoms with Crippen molar-refractivity contribution in [2.75, 3.05) is 13.1 Å². The highest BCUT2D eigenvalue weighted by Gasteiger charge is 2.28. The molecule has 0 radical (unpaired) electrons. The molecule has 0 spiro atoms. The van der Waals surface area contributed by atoms with Gasteiger partial charge in [-0.25, -0.2) is 4.39 Å². The van der Waals surface area contributed by atoms with Gasteiger partial charge in [0.25, 0.3) is 0 Å². The normalized spacial score (nSPS) is 22.5. The maximum Gasteiger partial charge on any atom is 0.237 e. The van der Waals surface area contributed by atoms with Crippen LogP contribution in [0.15, 0.2) is 18.2 Å². The number of nitrogens with one attached hydrogen (secondary N) is 2. The number of rotatable bonds is 4. The lowest BCUT2D eigenvalue weighted by Crippen LogP contribution is -2.40. The second kappa shape index (κ2) is 6.32. The smallest absolute Gasteiger partial charge is 0.237 e. The van der Waals surface area contributed by atoms with Crippen molar-refractivity contribution in [3.8, 4) is 0 Å². The average molecular weight is 286 g/mol. The molecule has 4 N–H and O–H groups in total. The molecule has 1 aromatic rings. The molecule has 19 heavy (non-hydrogen) atoms. The molecule has 1 fully saturated rings. The molecule has 1 amide bonds. The van der Waals surface area contributed by atoms with Gasteiger partial charge in [0.1, 0.15) is 5.82 Å². The Kier molecular flexibility index (Phi) is 4.74. The molecule has 2 rings (SSSR count). The van der Waals surface area contributed by atoms with E-state index in [4.69, 9.17) is 17.3 Å². The van der Waals surface area contributed by atoms with Crippen molar-refractivity contribution in [3.05, 3.63) is 34.6 Å². The summed E-state index contributed by atoms with van der Waals surface area (Å²) in [5.74, 6) is -0.280. The predicted molar refractivity (Wildman–Crippen MR) is 72.2 cm³/mol. The second-order valence-corrected chi connectivity index (χ2v) is 5.14. The minimum absolute atomic E-state index is 0.0638. The van der Waals surface area contributed by atoms with E-state index >= 15 is 0 Å². The molecule has 4 nitrogen and oxygen atoms in total. The van der Waals surface area contributed by atoms with Crippen molar-refractivity contribution in [2.45, 2.75) is 19.0 Å². The highest BCUT2D eigenvalue weighted by molar-refractivity contribution is 6.30. The Bertz CT molecular complexity index is 469. The first-order valence-electron chi connectivity index (χ1n) is 6.26. The van der Waals surface area contributed by atoms with Gasteiger partial charge in [0, 0.05) is 12.1 Å². The Labute approximate surface area is 116 Å². The van der Waals surface area contributed by atoms with Gasteiger partial charge >= 0.3 is 0 Å². The zero-order chi connectivity index (χ0) is 13.8. The van der Waals surface area contributed by atoms with Crippen LogP contribution in [0.3, 0.4) is 0 Å². The number of hydrogen-bond donors (Lipinski definition) is 3. The third kappa shape index (κ3) is 3.43. The van der Waals surface area contributed by atoms with Crippen LogP contribution >= 0.6 is 11.6 Å². The summed E-state index contributed by atoms with van der Waals surface area (Å²) in [6, 6.07) is 4.50. The van der Waals surface area contributed by atoms with E-state index in [0.29, 0.717) is 18.0 Å². The number of halogens is 2. The van der Waals surface area contributed by atoms with Crippen molar-refractivity contribution in [1.82, 2.24) is 10.6 Å². The number of nitrogens with two attached hydrogens (primary N) is 1. The monoisotopic (exact) mass is 285 g/mol. The first-order valence-corrected chi connectivity index (χ1v) is 6.63. The molecule has 1 aliphatic rings. The zero-order valence-electron chi connectivity index (χ0n) is 10.5. The Morgan fingerprint density at radius 3 is 3.05 bits per heavy atom. The van der Waals surface area contributed by atoms with E-state index in [2.05, 4.69) is 10.6 Å². The Hall–Kier alpha value is -1.17. The van der Waals surface area contributed by atoms with Crippen molar-refractivity contribution in [1.29, 1.82) is 0 Å². The van der Waals surface area contributed by atoms with Crippen LogP contribution in [-0.4, -0.2) is 25.0 Å². The molecule has 0 bridgehead atoms. The minimum Gasteiger partial charge on any atom is -0.351 e. The summed E-state index contributed by atoms with van der Waals surface area (Å²) < 4.78 is 13.6. The van der Waals surface area contributed by atoms with Crippen LogP contribution in [-0.2, 0) is 11.3 Å². The fourth-order valence-electron chi connectivity index (χ4n) is 2.18. The number of hydrogen-bond acceptors (Lipinski definition) is 3. The third-order valence-electron chi connectivity index (χ3n) is 3.36. The minimum atomic E-state index is -0.483. The third-order valence-corrected chi connectivity index (χ3v) is 3.65. The summed E-state index contributed by atoms with van der Waals surface area (Å²) in [5.41, 5.74) is 5.95. The van der Waals surface area contributed by atoms with Crippen molar-refractivity contribution in [3.63, 3.8) is 0 Å². The van der Waals surface area contributed by atoms with E-state index < -0.39 is 5.82 Å². The molecule has 0 saturated carbocycles. The van der Waals surface area contributed by atoms with Crippen molar-refractivity contribution in [2.24, 2.45) is 11.7 Å². The maximum atomic E-state index is 13.6. The number of amides is 1. The largest absolute Gasteiger partial charge is 0.351 e. The summed E-state index contributed by atoms with van der Waals surface area (Å²) in [6.45, 7) is 1.45. The molecule has 0 unspecified atom stereocenters. The highest BCUT2D eigenvalue weighted by atomic mass is 35.5. The van der Waals surface area contributed by atoms with Gasteiger partial charge in [-0.15, -0.1) is 0 Å². The van der Waals surface area contributed by atoms with Crippen LogP contribution in [0, 0.1) is 11.7 Å². The average Bonchev–Trinajstić information content (AvgIpc) is 2.89. The summed E-state index contributed by atoms with van der Waals surface area (Å²) >= 11 is 5.68. The summed E-state index contributed by atoms with van der Waals surface area (Å²) in [4.78, 5) is 11.9. The van der Waals surface area contributed by atoms with Gasteiger partial charge < -0.3 is 16.4 Å². The lowest BCUT2D eigenvalue weighted by atomic mass is 10.1. The maximum absolute atomic E-state index is 13.6. The summed E-state index contributed by atoms with van der Waals surface area (Å²) in [7, 11) is 0. The van der Waals surface area contributed by atoms with Crippen LogP contribution in [0.2, 0.25) is 5.02 Å². The predicted octanol–water partition coefficient (Wildman–Crippen LogP) is 1.03. The Morgan fingerprint density at radius 2 is 2.37 bits per heavy atom. The van der Waals surface area contributed by atoms with Gasteiger partial charge in [0.15, 0.2) is 0 Å². The molecule has 1 aromatic carbocycles. The lowest BCUT2D eigenvalue weighted by Gasteiger charge is -2.12. The Morgan fingerprint density at radius 1 is 1.58 bits per heavy atom. The number of carbonyl (C=O) groups is 1. The van der Waals surface area contributed by atoms with Gasteiger partial charge in [0.05, 0.1) is 11.1 Å². The van der Waals surface area contributed by atoms with Gasteiger partial charge in [-0.1, -0.05) is 23.7 Å². The van der Waals surface area contributed by atoms with E-state index in [1.165, 1.54) is 6.07 Å². The summed E-state index contributed by atoms with van der Waals surface area (Å²) in [5, 5.41) is 5.88. The van der Waals surface area contributed by atoms with Crippen molar-refractivity contribution >= 4 is 17.5 Å².